The van der Waals surface area contributed by atoms with Crippen molar-refractivity contribution in [2.24, 2.45) is 10.7 Å². The molecule has 0 radical (unpaired) electrons. The maximum atomic E-state index is 6.12. The normalized spacial score (nSPS) is 16.0. The highest BCUT2D eigenvalue weighted by Crippen LogP contribution is 2.28. The van der Waals surface area contributed by atoms with Gasteiger partial charge in [-0.05, 0) is 26.2 Å². The molecular weight excluding hydrogens is 292 g/mol. The van der Waals surface area contributed by atoms with Gasteiger partial charge in [-0.15, -0.1) is 11.3 Å². The van der Waals surface area contributed by atoms with E-state index >= 15 is 0 Å². The largest absolute Gasteiger partial charge is 0.370 e. The van der Waals surface area contributed by atoms with Crippen LogP contribution in [0.25, 0.3) is 10.6 Å². The van der Waals surface area contributed by atoms with Gasteiger partial charge in [0.1, 0.15) is 5.01 Å². The lowest BCUT2D eigenvalue weighted by molar-refractivity contribution is 0.338. The predicted molar refractivity (Wildman–Crippen MR) is 93.0 cm³/mol. The van der Waals surface area contributed by atoms with Crippen molar-refractivity contribution in [2.45, 2.75) is 32.7 Å². The van der Waals surface area contributed by atoms with Crippen LogP contribution in [0.4, 0.5) is 0 Å². The Morgan fingerprint density at radius 1 is 1.23 bits per heavy atom. The molecule has 1 saturated heterocycles. The van der Waals surface area contributed by atoms with Crippen LogP contribution in [0.1, 0.15) is 29.8 Å². The highest BCUT2D eigenvalue weighted by Gasteiger charge is 2.13. The third kappa shape index (κ3) is 3.47. The summed E-state index contributed by atoms with van der Waals surface area (Å²) in [5, 5.41) is 1.06. The number of hydrogen-bond donors (Lipinski definition) is 1. The van der Waals surface area contributed by atoms with Gasteiger partial charge in [0.2, 0.25) is 0 Å². The van der Waals surface area contributed by atoms with Gasteiger partial charge in [-0.1, -0.05) is 30.3 Å². The quantitative estimate of drug-likeness (QED) is 0.697. The number of piperidine rings is 1. The Morgan fingerprint density at radius 2 is 1.95 bits per heavy atom. The third-order valence-corrected chi connectivity index (χ3v) is 5.17. The molecule has 0 bridgehead atoms. The lowest BCUT2D eigenvalue weighted by Crippen LogP contribution is -2.40. The van der Waals surface area contributed by atoms with Crippen molar-refractivity contribution < 1.29 is 0 Å². The van der Waals surface area contributed by atoms with Crippen LogP contribution in [-0.4, -0.2) is 28.9 Å². The number of hydrogen-bond acceptors (Lipinski definition) is 3. The summed E-state index contributed by atoms with van der Waals surface area (Å²) in [5.41, 5.74) is 8.34. The second-order valence-corrected chi connectivity index (χ2v) is 6.70. The van der Waals surface area contributed by atoms with Gasteiger partial charge >= 0.3 is 0 Å². The lowest BCUT2D eigenvalue weighted by Gasteiger charge is -2.27. The highest BCUT2D eigenvalue weighted by molar-refractivity contribution is 7.15. The van der Waals surface area contributed by atoms with Gasteiger partial charge in [0.05, 0.1) is 12.2 Å². The lowest BCUT2D eigenvalue weighted by atomic mass is 10.1. The van der Waals surface area contributed by atoms with Gasteiger partial charge in [0.25, 0.3) is 0 Å². The first-order chi connectivity index (χ1) is 10.7. The zero-order valence-corrected chi connectivity index (χ0v) is 13.8. The van der Waals surface area contributed by atoms with E-state index in [1.165, 1.54) is 24.1 Å². The molecule has 2 N–H and O–H groups in total. The van der Waals surface area contributed by atoms with Crippen molar-refractivity contribution in [2.75, 3.05) is 13.1 Å². The topological polar surface area (TPSA) is 54.5 Å². The van der Waals surface area contributed by atoms with Gasteiger partial charge in [-0.3, -0.25) is 0 Å². The number of rotatable bonds is 3. The molecule has 0 unspecified atom stereocenters. The zero-order valence-electron chi connectivity index (χ0n) is 13.0. The molecule has 1 fully saturated rings. The fraction of sp³-hybridized carbons (Fsp3) is 0.412. The smallest absolute Gasteiger partial charge is 0.191 e. The van der Waals surface area contributed by atoms with Crippen LogP contribution in [0.2, 0.25) is 0 Å². The Kier molecular flexibility index (Phi) is 4.73. The van der Waals surface area contributed by atoms with E-state index in [0.717, 1.165) is 29.4 Å². The number of nitrogens with zero attached hydrogens (tertiary/aromatic N) is 3. The van der Waals surface area contributed by atoms with E-state index in [-0.39, 0.29) is 0 Å². The molecule has 0 spiro atoms. The van der Waals surface area contributed by atoms with E-state index in [0.29, 0.717) is 12.5 Å². The number of nitrogens with two attached hydrogens (primary N) is 1. The summed E-state index contributed by atoms with van der Waals surface area (Å²) in [4.78, 5) is 12.6. The zero-order chi connectivity index (χ0) is 15.4. The molecule has 116 valence electrons. The van der Waals surface area contributed by atoms with Gasteiger partial charge in [-0.2, -0.15) is 0 Å². The van der Waals surface area contributed by atoms with Gasteiger partial charge < -0.3 is 10.6 Å². The van der Waals surface area contributed by atoms with Gasteiger partial charge in [-0.25, -0.2) is 9.98 Å². The van der Waals surface area contributed by atoms with Crippen molar-refractivity contribution in [1.82, 2.24) is 9.88 Å². The van der Waals surface area contributed by atoms with Crippen LogP contribution < -0.4 is 5.73 Å². The third-order valence-electron chi connectivity index (χ3n) is 3.98. The molecule has 0 amide bonds. The van der Waals surface area contributed by atoms with Crippen LogP contribution >= 0.6 is 11.3 Å². The summed E-state index contributed by atoms with van der Waals surface area (Å²) in [6, 6.07) is 10.3. The van der Waals surface area contributed by atoms with E-state index in [4.69, 9.17) is 5.73 Å². The molecule has 1 aromatic heterocycles. The first kappa shape index (κ1) is 15.0. The van der Waals surface area contributed by atoms with Crippen molar-refractivity contribution in [3.05, 3.63) is 40.9 Å². The molecular formula is C17H22N4S. The number of guanidine groups is 1. The fourth-order valence-electron chi connectivity index (χ4n) is 2.65. The molecule has 4 nitrogen and oxygen atoms in total. The Labute approximate surface area is 135 Å². The van der Waals surface area contributed by atoms with E-state index in [2.05, 4.69) is 27.0 Å². The number of benzene rings is 1. The molecule has 2 heterocycles. The molecule has 22 heavy (non-hydrogen) atoms. The summed E-state index contributed by atoms with van der Waals surface area (Å²) >= 11 is 1.71. The molecule has 1 aliphatic rings. The minimum absolute atomic E-state index is 0.624. The van der Waals surface area contributed by atoms with Crippen LogP contribution in [-0.2, 0) is 6.54 Å². The second-order valence-electron chi connectivity index (χ2n) is 5.62. The summed E-state index contributed by atoms with van der Waals surface area (Å²) in [5.74, 6) is 0.675. The van der Waals surface area contributed by atoms with Crippen molar-refractivity contribution in [3.63, 3.8) is 0 Å². The molecule has 0 saturated carbocycles. The van der Waals surface area contributed by atoms with Crippen LogP contribution in [0.15, 0.2) is 35.3 Å². The molecule has 2 aromatic rings. The summed E-state index contributed by atoms with van der Waals surface area (Å²) in [7, 11) is 0. The average molecular weight is 314 g/mol. The van der Waals surface area contributed by atoms with Crippen molar-refractivity contribution in [3.8, 4) is 10.6 Å². The number of likely N-dealkylation sites (tertiary alicyclic amines) is 1. The molecule has 0 aliphatic carbocycles. The maximum absolute atomic E-state index is 6.12. The standard InChI is InChI=1S/C17H22N4S/c1-13-15(12-19-17(18)21-10-6-3-7-11-21)22-16(20-13)14-8-4-2-5-9-14/h2,4-5,8-9H,3,6-7,10-12H2,1H3,(H2,18,19). The number of thiazole rings is 1. The second kappa shape index (κ2) is 6.92. The number of aryl methyl sites for hydroxylation is 1. The van der Waals surface area contributed by atoms with E-state index < -0.39 is 0 Å². The minimum atomic E-state index is 0.624. The number of aliphatic imine (C=N–C) groups is 1. The van der Waals surface area contributed by atoms with Crippen LogP contribution in [0.5, 0.6) is 0 Å². The Bertz CT molecular complexity index is 642. The minimum Gasteiger partial charge on any atom is -0.370 e. The van der Waals surface area contributed by atoms with E-state index in [1.54, 1.807) is 11.3 Å². The average Bonchev–Trinajstić information content (AvgIpc) is 2.95. The maximum Gasteiger partial charge on any atom is 0.191 e. The Balaban J connectivity index is 1.71. The van der Waals surface area contributed by atoms with Crippen LogP contribution in [0.3, 0.4) is 0 Å². The first-order valence-electron chi connectivity index (χ1n) is 7.80. The fourth-order valence-corrected chi connectivity index (χ4v) is 3.65. The molecule has 1 aromatic carbocycles. The first-order valence-corrected chi connectivity index (χ1v) is 8.62. The SMILES string of the molecule is Cc1nc(-c2ccccc2)sc1CN=C(N)N1CCCCC1. The molecule has 5 heteroatoms. The Morgan fingerprint density at radius 3 is 2.68 bits per heavy atom. The highest BCUT2D eigenvalue weighted by atomic mass is 32.1. The van der Waals surface area contributed by atoms with Crippen molar-refractivity contribution in [1.29, 1.82) is 0 Å². The van der Waals surface area contributed by atoms with Crippen molar-refractivity contribution >= 4 is 17.3 Å². The Hall–Kier alpha value is -1.88. The molecule has 1 aliphatic heterocycles. The molecule has 0 atom stereocenters. The summed E-state index contributed by atoms with van der Waals surface area (Å²) < 4.78 is 0. The predicted octanol–water partition coefficient (Wildman–Crippen LogP) is 3.42. The van der Waals surface area contributed by atoms with Gasteiger partial charge in [0, 0.05) is 23.5 Å². The monoisotopic (exact) mass is 314 g/mol. The van der Waals surface area contributed by atoms with E-state index in [1.807, 2.05) is 25.1 Å². The number of aromatic nitrogens is 1. The van der Waals surface area contributed by atoms with E-state index in [9.17, 15) is 0 Å². The summed E-state index contributed by atoms with van der Waals surface area (Å²) in [6.07, 6.45) is 3.74. The van der Waals surface area contributed by atoms with Crippen LogP contribution in [0, 0.1) is 6.92 Å². The molecule has 3 rings (SSSR count). The summed E-state index contributed by atoms with van der Waals surface area (Å²) in [6.45, 7) is 4.74. The van der Waals surface area contributed by atoms with Gasteiger partial charge in [0.15, 0.2) is 5.96 Å².